The molecule has 1 atom stereocenters. The molecule has 2 rings (SSSR count). The smallest absolute Gasteiger partial charge is 0.249 e. The third-order valence-corrected chi connectivity index (χ3v) is 2.71. The Hall–Kier alpha value is -1.89. The van der Waals surface area contributed by atoms with Crippen LogP contribution in [0.3, 0.4) is 0 Å². The van der Waals surface area contributed by atoms with Gasteiger partial charge in [-0.1, -0.05) is 0 Å². The van der Waals surface area contributed by atoms with Crippen LogP contribution >= 0.6 is 0 Å². The lowest BCUT2D eigenvalue weighted by Gasteiger charge is -2.32. The summed E-state index contributed by atoms with van der Waals surface area (Å²) < 4.78 is 0. The van der Waals surface area contributed by atoms with Gasteiger partial charge >= 0.3 is 0 Å². The SMILES string of the molecule is Cc1nc(NO)nc2c1NC(=O)[C@H](C)N2C. The first kappa shape index (κ1) is 10.6. The number of hydrogen-bond acceptors (Lipinski definition) is 6. The highest BCUT2D eigenvalue weighted by Gasteiger charge is 2.29. The molecule has 0 fully saturated rings. The fourth-order valence-electron chi connectivity index (χ4n) is 1.60. The summed E-state index contributed by atoms with van der Waals surface area (Å²) in [6.07, 6.45) is 0. The van der Waals surface area contributed by atoms with Gasteiger partial charge in [0.05, 0.1) is 5.69 Å². The van der Waals surface area contributed by atoms with Crippen LogP contribution in [0.2, 0.25) is 0 Å². The summed E-state index contributed by atoms with van der Waals surface area (Å²) in [5, 5.41) is 11.5. The molecule has 1 aliphatic heterocycles. The molecule has 3 N–H and O–H groups in total. The van der Waals surface area contributed by atoms with Gasteiger partial charge in [-0.05, 0) is 13.8 Å². The summed E-state index contributed by atoms with van der Waals surface area (Å²) in [7, 11) is 1.77. The van der Waals surface area contributed by atoms with E-state index in [0.29, 0.717) is 17.2 Å². The molecule has 0 bridgehead atoms. The van der Waals surface area contributed by atoms with Gasteiger partial charge < -0.3 is 10.2 Å². The van der Waals surface area contributed by atoms with Gasteiger partial charge in [0, 0.05) is 7.05 Å². The Morgan fingerprint density at radius 1 is 1.50 bits per heavy atom. The van der Waals surface area contributed by atoms with Crippen LogP contribution in [0.1, 0.15) is 12.6 Å². The molecule has 0 aromatic carbocycles. The van der Waals surface area contributed by atoms with Crippen molar-refractivity contribution in [3.8, 4) is 0 Å². The lowest BCUT2D eigenvalue weighted by molar-refractivity contribution is -0.117. The predicted molar refractivity (Wildman–Crippen MR) is 58.7 cm³/mol. The van der Waals surface area contributed by atoms with Crippen LogP contribution in [0.25, 0.3) is 0 Å². The molecular weight excluding hydrogens is 210 g/mol. The maximum atomic E-state index is 11.6. The highest BCUT2D eigenvalue weighted by molar-refractivity contribution is 6.03. The average Bonchev–Trinajstić information content (AvgIpc) is 2.27. The van der Waals surface area contributed by atoms with Crippen LogP contribution < -0.4 is 15.7 Å². The van der Waals surface area contributed by atoms with E-state index in [9.17, 15) is 4.79 Å². The molecule has 1 aromatic heterocycles. The Morgan fingerprint density at radius 2 is 2.19 bits per heavy atom. The molecule has 1 amide bonds. The number of fused-ring (bicyclic) bond motifs is 1. The van der Waals surface area contributed by atoms with Gasteiger partial charge in [-0.3, -0.25) is 10.0 Å². The van der Waals surface area contributed by atoms with Crippen LogP contribution in [-0.2, 0) is 4.79 Å². The Morgan fingerprint density at radius 3 is 2.81 bits per heavy atom. The number of carbonyl (C=O) groups is 1. The first-order valence-corrected chi connectivity index (χ1v) is 4.87. The number of nitrogens with zero attached hydrogens (tertiary/aromatic N) is 3. The second-order valence-corrected chi connectivity index (χ2v) is 3.72. The highest BCUT2D eigenvalue weighted by atomic mass is 16.5. The number of nitrogens with one attached hydrogen (secondary N) is 2. The third kappa shape index (κ3) is 1.45. The van der Waals surface area contributed by atoms with Gasteiger partial charge in [-0.15, -0.1) is 0 Å². The molecule has 0 saturated heterocycles. The summed E-state index contributed by atoms with van der Waals surface area (Å²) in [6, 6.07) is -0.298. The summed E-state index contributed by atoms with van der Waals surface area (Å²) in [6.45, 7) is 3.52. The number of hydrogen-bond donors (Lipinski definition) is 3. The normalized spacial score (nSPS) is 19.1. The zero-order valence-electron chi connectivity index (χ0n) is 9.27. The number of anilines is 3. The van der Waals surface area contributed by atoms with E-state index in [2.05, 4.69) is 15.3 Å². The summed E-state index contributed by atoms with van der Waals surface area (Å²) >= 11 is 0. The fraction of sp³-hybridized carbons (Fsp3) is 0.444. The zero-order chi connectivity index (χ0) is 11.9. The lowest BCUT2D eigenvalue weighted by Crippen LogP contribution is -2.44. The maximum Gasteiger partial charge on any atom is 0.249 e. The van der Waals surface area contributed by atoms with E-state index in [1.807, 2.05) is 5.48 Å². The molecule has 0 spiro atoms. The van der Waals surface area contributed by atoms with E-state index in [1.165, 1.54) is 0 Å². The monoisotopic (exact) mass is 223 g/mol. The van der Waals surface area contributed by atoms with E-state index in [4.69, 9.17) is 5.21 Å². The van der Waals surface area contributed by atoms with Gasteiger partial charge in [0.2, 0.25) is 11.9 Å². The van der Waals surface area contributed by atoms with Crippen molar-refractivity contribution in [3.05, 3.63) is 5.69 Å². The number of amides is 1. The number of aromatic nitrogens is 2. The lowest BCUT2D eigenvalue weighted by atomic mass is 10.2. The van der Waals surface area contributed by atoms with Crippen molar-refractivity contribution in [2.45, 2.75) is 19.9 Å². The molecule has 16 heavy (non-hydrogen) atoms. The quantitative estimate of drug-likeness (QED) is 0.596. The molecule has 1 aromatic rings. The molecule has 86 valence electrons. The standard InChI is InChI=1S/C9H13N5O2/c1-4-6-7(12-9(10-4)13-16)14(3)5(2)8(15)11-6/h5,16H,1-3H3,(H,11,15)(H,10,12,13)/t5-/m0/s1. The number of likely N-dealkylation sites (N-methyl/N-ethyl adjacent to an activating group) is 1. The molecule has 7 nitrogen and oxygen atoms in total. The Bertz CT molecular complexity index is 448. The van der Waals surface area contributed by atoms with Gasteiger partial charge in [-0.25, -0.2) is 10.5 Å². The molecule has 0 unspecified atom stereocenters. The Balaban J connectivity index is 2.56. The topological polar surface area (TPSA) is 90.4 Å². The summed E-state index contributed by atoms with van der Waals surface area (Å²) in [5.74, 6) is 0.619. The minimum atomic E-state index is -0.298. The molecule has 0 aliphatic carbocycles. The average molecular weight is 223 g/mol. The van der Waals surface area contributed by atoms with E-state index >= 15 is 0 Å². The van der Waals surface area contributed by atoms with Gasteiger partial charge in [0.15, 0.2) is 5.82 Å². The first-order chi connectivity index (χ1) is 7.54. The van der Waals surface area contributed by atoms with Crippen molar-refractivity contribution < 1.29 is 10.0 Å². The van der Waals surface area contributed by atoms with Crippen LogP contribution in [0.15, 0.2) is 0 Å². The predicted octanol–water partition coefficient (Wildman–Crippen LogP) is 0.363. The molecule has 2 heterocycles. The second-order valence-electron chi connectivity index (χ2n) is 3.72. The number of carbonyl (C=O) groups excluding carboxylic acids is 1. The zero-order valence-corrected chi connectivity index (χ0v) is 9.27. The first-order valence-electron chi connectivity index (χ1n) is 4.87. The third-order valence-electron chi connectivity index (χ3n) is 2.71. The van der Waals surface area contributed by atoms with E-state index in [-0.39, 0.29) is 17.9 Å². The van der Waals surface area contributed by atoms with E-state index in [0.717, 1.165) is 0 Å². The largest absolute Gasteiger partial charge is 0.346 e. The van der Waals surface area contributed by atoms with Crippen LogP contribution in [-0.4, -0.2) is 34.2 Å². The van der Waals surface area contributed by atoms with Crippen molar-refractivity contribution in [1.29, 1.82) is 0 Å². The molecule has 7 heteroatoms. The van der Waals surface area contributed by atoms with Crippen molar-refractivity contribution in [2.75, 3.05) is 22.7 Å². The van der Waals surface area contributed by atoms with Crippen LogP contribution in [0, 0.1) is 6.92 Å². The van der Waals surface area contributed by atoms with Gasteiger partial charge in [0.1, 0.15) is 11.7 Å². The van der Waals surface area contributed by atoms with Crippen molar-refractivity contribution >= 4 is 23.4 Å². The Kier molecular flexibility index (Phi) is 2.39. The highest BCUT2D eigenvalue weighted by Crippen LogP contribution is 2.31. The molecule has 0 radical (unpaired) electrons. The molecule has 1 aliphatic rings. The second kappa shape index (κ2) is 3.60. The van der Waals surface area contributed by atoms with E-state index < -0.39 is 0 Å². The Labute approximate surface area is 92.5 Å². The van der Waals surface area contributed by atoms with E-state index in [1.54, 1.807) is 25.8 Å². The molecule has 0 saturated carbocycles. The van der Waals surface area contributed by atoms with Crippen molar-refractivity contribution in [3.63, 3.8) is 0 Å². The van der Waals surface area contributed by atoms with Crippen LogP contribution in [0.4, 0.5) is 17.5 Å². The number of aryl methyl sites for hydroxylation is 1. The van der Waals surface area contributed by atoms with Crippen molar-refractivity contribution in [2.24, 2.45) is 0 Å². The number of rotatable bonds is 1. The molecular formula is C9H13N5O2. The van der Waals surface area contributed by atoms with Crippen LogP contribution in [0.5, 0.6) is 0 Å². The summed E-state index contributed by atoms with van der Waals surface area (Å²) in [5.41, 5.74) is 3.10. The fourth-order valence-corrected chi connectivity index (χ4v) is 1.60. The van der Waals surface area contributed by atoms with Crippen molar-refractivity contribution in [1.82, 2.24) is 9.97 Å². The minimum Gasteiger partial charge on any atom is -0.346 e. The minimum absolute atomic E-state index is 0.0913. The maximum absolute atomic E-state index is 11.6. The summed E-state index contributed by atoms with van der Waals surface area (Å²) in [4.78, 5) is 21.4. The van der Waals surface area contributed by atoms with Gasteiger partial charge in [-0.2, -0.15) is 4.98 Å². The van der Waals surface area contributed by atoms with Gasteiger partial charge in [0.25, 0.3) is 0 Å².